The van der Waals surface area contributed by atoms with Crippen molar-refractivity contribution in [2.24, 2.45) is 0 Å². The lowest BCUT2D eigenvalue weighted by molar-refractivity contribution is 0.172. The summed E-state index contributed by atoms with van der Waals surface area (Å²) in [6.07, 6.45) is 1.16. The number of likely N-dealkylation sites (N-methyl/N-ethyl adjacent to an activating group) is 2. The van der Waals surface area contributed by atoms with Gasteiger partial charge in [0.15, 0.2) is 0 Å². The predicted octanol–water partition coefficient (Wildman–Crippen LogP) is 2.35. The summed E-state index contributed by atoms with van der Waals surface area (Å²) in [5, 5.41) is 3.41. The number of hydrogen-bond donors (Lipinski definition) is 1. The van der Waals surface area contributed by atoms with Gasteiger partial charge in [-0.05, 0) is 52.7 Å². The molecule has 0 saturated carbocycles. The Morgan fingerprint density at radius 2 is 1.90 bits per heavy atom. The van der Waals surface area contributed by atoms with Crippen molar-refractivity contribution in [3.63, 3.8) is 0 Å². The van der Waals surface area contributed by atoms with Crippen molar-refractivity contribution in [3.8, 4) is 0 Å². The van der Waals surface area contributed by atoms with Crippen LogP contribution in [0.2, 0.25) is 0 Å². The van der Waals surface area contributed by atoms with E-state index in [1.54, 1.807) is 0 Å². The highest BCUT2D eigenvalue weighted by Gasteiger charge is 2.14. The van der Waals surface area contributed by atoms with Gasteiger partial charge in [-0.1, -0.05) is 19.9 Å². The Bertz CT molecular complexity index is 392. The van der Waals surface area contributed by atoms with Crippen LogP contribution in [0.1, 0.15) is 38.6 Å². The Labute approximate surface area is 130 Å². The first-order valence-corrected chi connectivity index (χ1v) is 8.11. The largest absolute Gasteiger partial charge is 0.311 e. The minimum absolute atomic E-state index is 0.536. The zero-order chi connectivity index (χ0) is 15.7. The van der Waals surface area contributed by atoms with Crippen molar-refractivity contribution in [2.45, 2.75) is 46.3 Å². The van der Waals surface area contributed by atoms with E-state index in [0.717, 1.165) is 44.8 Å². The average Bonchev–Trinajstić information content (AvgIpc) is 2.44. The molecule has 1 unspecified atom stereocenters. The van der Waals surface area contributed by atoms with Crippen LogP contribution in [-0.4, -0.2) is 54.6 Å². The molecule has 0 amide bonds. The molecule has 120 valence electrons. The monoisotopic (exact) mass is 292 g/mol. The van der Waals surface area contributed by atoms with Crippen molar-refractivity contribution in [1.29, 1.82) is 0 Å². The smallest absolute Gasteiger partial charge is 0.0547 e. The summed E-state index contributed by atoms with van der Waals surface area (Å²) in [6.45, 7) is 11.7. The first-order valence-electron chi connectivity index (χ1n) is 8.11. The van der Waals surface area contributed by atoms with Crippen molar-refractivity contribution < 1.29 is 0 Å². The molecule has 0 aromatic carbocycles. The van der Waals surface area contributed by atoms with E-state index in [0.29, 0.717) is 6.04 Å². The second-order valence-corrected chi connectivity index (χ2v) is 5.97. The van der Waals surface area contributed by atoms with Crippen LogP contribution in [0.5, 0.6) is 0 Å². The van der Waals surface area contributed by atoms with Gasteiger partial charge in [0.05, 0.1) is 11.4 Å². The molecule has 21 heavy (non-hydrogen) atoms. The molecule has 0 radical (unpaired) electrons. The zero-order valence-corrected chi connectivity index (χ0v) is 14.4. The van der Waals surface area contributed by atoms with E-state index in [4.69, 9.17) is 4.98 Å². The molecule has 0 fully saturated rings. The maximum absolute atomic E-state index is 4.78. The van der Waals surface area contributed by atoms with Gasteiger partial charge in [0.2, 0.25) is 0 Å². The minimum atomic E-state index is 0.536. The lowest BCUT2D eigenvalue weighted by atomic mass is 10.2. The fraction of sp³-hybridized carbons (Fsp3) is 0.706. The highest BCUT2D eigenvalue weighted by molar-refractivity contribution is 5.11. The maximum atomic E-state index is 4.78. The summed E-state index contributed by atoms with van der Waals surface area (Å²) in [7, 11) is 4.26. The van der Waals surface area contributed by atoms with Crippen LogP contribution in [0, 0.1) is 0 Å². The van der Waals surface area contributed by atoms with E-state index in [9.17, 15) is 0 Å². The lowest BCUT2D eigenvalue weighted by Gasteiger charge is -2.29. The summed E-state index contributed by atoms with van der Waals surface area (Å²) < 4.78 is 0. The number of pyridine rings is 1. The highest BCUT2D eigenvalue weighted by atomic mass is 15.2. The summed E-state index contributed by atoms with van der Waals surface area (Å²) in [5.74, 6) is 0. The third kappa shape index (κ3) is 7.02. The van der Waals surface area contributed by atoms with E-state index in [-0.39, 0.29) is 0 Å². The minimum Gasteiger partial charge on any atom is -0.311 e. The van der Waals surface area contributed by atoms with Gasteiger partial charge in [0, 0.05) is 25.7 Å². The number of nitrogens with zero attached hydrogens (tertiary/aromatic N) is 3. The second-order valence-electron chi connectivity index (χ2n) is 5.97. The van der Waals surface area contributed by atoms with Gasteiger partial charge in [-0.3, -0.25) is 9.88 Å². The Balaban J connectivity index is 2.60. The standard InChI is InChI=1S/C17H32N4/c1-6-11-18-12-16-9-8-10-17(19-16)14-21(7-2)15(3)13-20(4)5/h8-10,15,18H,6-7,11-14H2,1-5H3. The molecule has 4 heteroatoms. The van der Waals surface area contributed by atoms with Crippen LogP contribution in [0.25, 0.3) is 0 Å². The number of nitrogens with one attached hydrogen (secondary N) is 1. The molecule has 0 bridgehead atoms. The van der Waals surface area contributed by atoms with Crippen molar-refractivity contribution in [1.82, 2.24) is 20.1 Å². The van der Waals surface area contributed by atoms with E-state index < -0.39 is 0 Å². The molecule has 1 aromatic rings. The predicted molar refractivity (Wildman–Crippen MR) is 90.3 cm³/mol. The van der Waals surface area contributed by atoms with Gasteiger partial charge >= 0.3 is 0 Å². The average molecular weight is 292 g/mol. The molecule has 4 nitrogen and oxygen atoms in total. The van der Waals surface area contributed by atoms with Crippen LogP contribution in [0.15, 0.2) is 18.2 Å². The normalized spacial score (nSPS) is 13.1. The first-order chi connectivity index (χ1) is 10.1. The first kappa shape index (κ1) is 18.1. The summed E-state index contributed by atoms with van der Waals surface area (Å²) in [5.41, 5.74) is 2.30. The third-order valence-corrected chi connectivity index (χ3v) is 3.62. The SMILES string of the molecule is CCCNCc1cccc(CN(CC)C(C)CN(C)C)n1. The molecule has 0 aliphatic rings. The number of rotatable bonds is 10. The van der Waals surface area contributed by atoms with Crippen molar-refractivity contribution >= 4 is 0 Å². The summed E-state index contributed by atoms with van der Waals surface area (Å²) in [6, 6.07) is 6.89. The molecule has 0 saturated heterocycles. The van der Waals surface area contributed by atoms with Gasteiger partial charge in [0.1, 0.15) is 0 Å². The Morgan fingerprint density at radius 1 is 1.19 bits per heavy atom. The number of aromatic nitrogens is 1. The summed E-state index contributed by atoms with van der Waals surface area (Å²) >= 11 is 0. The van der Waals surface area contributed by atoms with Gasteiger partial charge in [-0.2, -0.15) is 0 Å². The van der Waals surface area contributed by atoms with Gasteiger partial charge < -0.3 is 10.2 Å². The second kappa shape index (κ2) is 9.87. The Kier molecular flexibility index (Phi) is 8.50. The fourth-order valence-corrected chi connectivity index (χ4v) is 2.54. The van der Waals surface area contributed by atoms with Crippen molar-refractivity contribution in [3.05, 3.63) is 29.6 Å². The molecule has 1 rings (SSSR count). The zero-order valence-electron chi connectivity index (χ0n) is 14.4. The topological polar surface area (TPSA) is 31.4 Å². The molecule has 0 aliphatic heterocycles. The Hall–Kier alpha value is -0.970. The molecule has 1 atom stereocenters. The van der Waals surface area contributed by atoms with E-state index in [1.807, 2.05) is 0 Å². The molecule has 1 heterocycles. The van der Waals surface area contributed by atoms with Crippen LogP contribution in [-0.2, 0) is 13.1 Å². The summed E-state index contributed by atoms with van der Waals surface area (Å²) in [4.78, 5) is 9.50. The van der Waals surface area contributed by atoms with E-state index in [1.165, 1.54) is 5.69 Å². The van der Waals surface area contributed by atoms with Gasteiger partial charge in [0.25, 0.3) is 0 Å². The van der Waals surface area contributed by atoms with E-state index >= 15 is 0 Å². The molecule has 0 spiro atoms. The molecule has 0 aliphatic carbocycles. The van der Waals surface area contributed by atoms with Crippen molar-refractivity contribution in [2.75, 3.05) is 33.7 Å². The maximum Gasteiger partial charge on any atom is 0.0547 e. The van der Waals surface area contributed by atoms with Crippen LogP contribution in [0.3, 0.4) is 0 Å². The van der Waals surface area contributed by atoms with Crippen LogP contribution < -0.4 is 5.32 Å². The molecular formula is C17H32N4. The quantitative estimate of drug-likeness (QED) is 0.671. The molecule has 1 aromatic heterocycles. The van der Waals surface area contributed by atoms with Crippen LogP contribution >= 0.6 is 0 Å². The number of hydrogen-bond acceptors (Lipinski definition) is 4. The lowest BCUT2D eigenvalue weighted by Crippen LogP contribution is -2.39. The van der Waals surface area contributed by atoms with Gasteiger partial charge in [-0.25, -0.2) is 0 Å². The fourth-order valence-electron chi connectivity index (χ4n) is 2.54. The molecule has 1 N–H and O–H groups in total. The van der Waals surface area contributed by atoms with Crippen LogP contribution in [0.4, 0.5) is 0 Å². The van der Waals surface area contributed by atoms with E-state index in [2.05, 4.69) is 68.2 Å². The highest BCUT2D eigenvalue weighted by Crippen LogP contribution is 2.08. The Morgan fingerprint density at radius 3 is 2.52 bits per heavy atom. The van der Waals surface area contributed by atoms with Gasteiger partial charge in [-0.15, -0.1) is 0 Å². The molecular weight excluding hydrogens is 260 g/mol. The third-order valence-electron chi connectivity index (χ3n) is 3.62.